The van der Waals surface area contributed by atoms with Gasteiger partial charge in [-0.25, -0.2) is 14.4 Å². The molecule has 0 radical (unpaired) electrons. The lowest BCUT2D eigenvalue weighted by Crippen LogP contribution is -2.62. The summed E-state index contributed by atoms with van der Waals surface area (Å²) in [5.74, 6) is -2.52. The fraction of sp³-hybridized carbons (Fsp3) is 0.467. The summed E-state index contributed by atoms with van der Waals surface area (Å²) in [5, 5.41) is 55.3. The van der Waals surface area contributed by atoms with Gasteiger partial charge in [0.05, 0.1) is 6.04 Å². The number of anilines is 1. The van der Waals surface area contributed by atoms with Gasteiger partial charge in [0.2, 0.25) is 0 Å². The van der Waals surface area contributed by atoms with E-state index in [1.165, 1.54) is 19.4 Å². The number of carboxylic acids is 2. The molecule has 1 aliphatic rings. The fourth-order valence-electron chi connectivity index (χ4n) is 2.60. The molecule has 6 atom stereocenters. The number of hydrogen-bond acceptors (Lipinski definition) is 10. The van der Waals surface area contributed by atoms with Crippen LogP contribution in [0.5, 0.6) is 0 Å². The van der Waals surface area contributed by atoms with Gasteiger partial charge in [-0.05, 0) is 6.07 Å². The number of nitrogens with two attached hydrogens (primary N) is 1. The normalized spacial score (nSPS) is 29.8. The number of aliphatic hydroxyl groups is 4. The molecule has 0 unspecified atom stereocenters. The molecule has 0 aromatic carbocycles. The zero-order chi connectivity index (χ0) is 21.6. The van der Waals surface area contributed by atoms with Crippen LogP contribution >= 0.6 is 0 Å². The molecular formula is C15H21N3O10. The van der Waals surface area contributed by atoms with Gasteiger partial charge < -0.3 is 41.1 Å². The number of nitrogen functional groups attached to an aromatic ring is 1. The monoisotopic (exact) mass is 403 g/mol. The Morgan fingerprint density at radius 3 is 2.04 bits per heavy atom. The number of nitrogens with zero attached hydrogens (tertiary/aromatic N) is 2. The highest BCUT2D eigenvalue weighted by Gasteiger charge is 2.50. The summed E-state index contributed by atoms with van der Waals surface area (Å²) in [6, 6.07) is 0.110. The average molecular weight is 403 g/mol. The standard InChI is InChI=1S/C11H17N3O6.C4H4O4/c1-20-10-7(16)5(6(15)8(17)9(10)18)14-3-2-4(12)13-11(14)19;5-3(6)1-2-4(7)8/h2-3,5-10,15-18H,1H3,(H2,12,13,19);1-2H,(H,5,6)(H,7,8)/b;2-1+/t5-,6-,7+,8+,9+,10+;/m1./s1. The van der Waals surface area contributed by atoms with Crippen molar-refractivity contribution in [3.8, 4) is 0 Å². The van der Waals surface area contributed by atoms with Crippen LogP contribution in [0.2, 0.25) is 0 Å². The van der Waals surface area contributed by atoms with E-state index in [1.54, 1.807) is 0 Å². The minimum atomic E-state index is -1.57. The second-order valence-electron chi connectivity index (χ2n) is 5.71. The molecule has 2 rings (SSSR count). The van der Waals surface area contributed by atoms with Crippen LogP contribution in [0.1, 0.15) is 6.04 Å². The Balaban J connectivity index is 0.000000416. The first-order valence-electron chi connectivity index (χ1n) is 7.74. The van der Waals surface area contributed by atoms with E-state index in [1.807, 2.05) is 0 Å². The SMILES string of the molecule is CO[C@H]1[C@@H](O)[C@H](n2ccc(N)nc2=O)[C@@H](O)[C@H](O)[C@@H]1O.O=C(O)/C=C/C(=O)O. The fourth-order valence-corrected chi connectivity index (χ4v) is 2.60. The molecule has 0 bridgehead atoms. The first kappa shape index (κ1) is 23.2. The molecule has 28 heavy (non-hydrogen) atoms. The van der Waals surface area contributed by atoms with Crippen LogP contribution in [0, 0.1) is 0 Å². The molecule has 0 spiro atoms. The summed E-state index contributed by atoms with van der Waals surface area (Å²) in [6.07, 6.45) is -4.80. The van der Waals surface area contributed by atoms with Crippen molar-refractivity contribution in [1.29, 1.82) is 0 Å². The van der Waals surface area contributed by atoms with Crippen molar-refractivity contribution >= 4 is 17.8 Å². The number of carbonyl (C=O) groups is 2. The van der Waals surface area contributed by atoms with Gasteiger partial charge in [0.25, 0.3) is 0 Å². The first-order valence-corrected chi connectivity index (χ1v) is 7.74. The molecule has 1 aromatic rings. The summed E-state index contributed by atoms with van der Waals surface area (Å²) in [4.78, 5) is 34.4. The quantitative estimate of drug-likeness (QED) is 0.244. The second kappa shape index (κ2) is 9.91. The maximum atomic E-state index is 11.8. The van der Waals surface area contributed by atoms with E-state index >= 15 is 0 Å². The van der Waals surface area contributed by atoms with Crippen molar-refractivity contribution in [3.05, 3.63) is 34.9 Å². The zero-order valence-corrected chi connectivity index (χ0v) is 14.6. The predicted molar refractivity (Wildman–Crippen MR) is 91.2 cm³/mol. The zero-order valence-electron chi connectivity index (χ0n) is 14.6. The summed E-state index contributed by atoms with van der Waals surface area (Å²) < 4.78 is 5.87. The van der Waals surface area contributed by atoms with Crippen molar-refractivity contribution in [2.24, 2.45) is 0 Å². The van der Waals surface area contributed by atoms with Crippen LogP contribution in [0.3, 0.4) is 0 Å². The molecule has 0 amide bonds. The third-order valence-electron chi connectivity index (χ3n) is 3.89. The Morgan fingerprint density at radius 2 is 1.61 bits per heavy atom. The van der Waals surface area contributed by atoms with Gasteiger partial charge in [-0.1, -0.05) is 0 Å². The van der Waals surface area contributed by atoms with Crippen LogP contribution < -0.4 is 11.4 Å². The van der Waals surface area contributed by atoms with Crippen molar-refractivity contribution in [3.63, 3.8) is 0 Å². The Hall–Kier alpha value is -2.84. The lowest BCUT2D eigenvalue weighted by atomic mass is 9.83. The molecule has 8 N–H and O–H groups in total. The number of rotatable bonds is 4. The number of aliphatic carboxylic acids is 2. The van der Waals surface area contributed by atoms with Crippen LogP contribution in [0.15, 0.2) is 29.2 Å². The minimum Gasteiger partial charge on any atom is -0.478 e. The van der Waals surface area contributed by atoms with E-state index in [2.05, 4.69) is 4.98 Å². The lowest BCUT2D eigenvalue weighted by Gasteiger charge is -2.43. The molecule has 1 saturated carbocycles. The van der Waals surface area contributed by atoms with Gasteiger partial charge in [0, 0.05) is 25.5 Å². The third-order valence-corrected chi connectivity index (χ3v) is 3.89. The van der Waals surface area contributed by atoms with Gasteiger partial charge in [0.1, 0.15) is 36.3 Å². The maximum absolute atomic E-state index is 11.8. The summed E-state index contributed by atoms with van der Waals surface area (Å²) in [7, 11) is 1.24. The van der Waals surface area contributed by atoms with Crippen LogP contribution in [-0.4, -0.2) is 89.8 Å². The minimum absolute atomic E-state index is 0.00471. The first-order chi connectivity index (χ1) is 13.0. The lowest BCUT2D eigenvalue weighted by molar-refractivity contribution is -0.207. The van der Waals surface area contributed by atoms with Gasteiger partial charge >= 0.3 is 17.6 Å². The van der Waals surface area contributed by atoms with Gasteiger partial charge in [-0.15, -0.1) is 0 Å². The third kappa shape index (κ3) is 5.58. The van der Waals surface area contributed by atoms with E-state index in [0.717, 1.165) is 4.57 Å². The molecule has 0 aliphatic heterocycles. The predicted octanol–water partition coefficient (Wildman–Crippen LogP) is -3.45. The Kier molecular flexibility index (Phi) is 8.21. The average Bonchev–Trinajstić information content (AvgIpc) is 2.61. The van der Waals surface area contributed by atoms with E-state index in [4.69, 9.17) is 20.7 Å². The molecule has 13 nitrogen and oxygen atoms in total. The summed E-state index contributed by atoms with van der Waals surface area (Å²) in [5.41, 5.74) is 4.58. The molecule has 1 aromatic heterocycles. The van der Waals surface area contributed by atoms with Crippen molar-refractivity contribution < 1.29 is 45.0 Å². The number of methoxy groups -OCH3 is 1. The highest BCUT2D eigenvalue weighted by molar-refractivity contribution is 5.89. The number of aromatic nitrogens is 2. The highest BCUT2D eigenvalue weighted by atomic mass is 16.5. The smallest absolute Gasteiger partial charge is 0.349 e. The molecule has 156 valence electrons. The molecular weight excluding hydrogens is 382 g/mol. The Bertz CT molecular complexity index is 764. The molecule has 1 aliphatic carbocycles. The largest absolute Gasteiger partial charge is 0.478 e. The molecule has 13 heteroatoms. The molecule has 0 saturated heterocycles. The summed E-state index contributed by atoms with van der Waals surface area (Å²) in [6.45, 7) is 0. The van der Waals surface area contributed by atoms with Crippen molar-refractivity contribution in [2.75, 3.05) is 12.8 Å². The van der Waals surface area contributed by atoms with Crippen LogP contribution in [0.4, 0.5) is 5.82 Å². The number of aliphatic hydroxyl groups excluding tert-OH is 4. The maximum Gasteiger partial charge on any atom is 0.349 e. The Morgan fingerprint density at radius 1 is 1.07 bits per heavy atom. The highest BCUT2D eigenvalue weighted by Crippen LogP contribution is 2.30. The Labute approximate surface area is 157 Å². The topological polar surface area (TPSA) is 226 Å². The van der Waals surface area contributed by atoms with Gasteiger partial charge in [-0.3, -0.25) is 4.57 Å². The molecule has 1 heterocycles. The number of hydrogen-bond donors (Lipinski definition) is 7. The molecule has 1 fully saturated rings. The number of carboxylic acid groups (broad SMARTS) is 2. The van der Waals surface area contributed by atoms with Gasteiger partial charge in [0.15, 0.2) is 0 Å². The van der Waals surface area contributed by atoms with Crippen molar-refractivity contribution in [2.45, 2.75) is 36.6 Å². The van der Waals surface area contributed by atoms with Gasteiger partial charge in [-0.2, -0.15) is 4.98 Å². The van der Waals surface area contributed by atoms with Crippen molar-refractivity contribution in [1.82, 2.24) is 9.55 Å². The van der Waals surface area contributed by atoms with E-state index in [9.17, 15) is 34.8 Å². The van der Waals surface area contributed by atoms with E-state index in [0.29, 0.717) is 12.2 Å². The van der Waals surface area contributed by atoms with E-state index in [-0.39, 0.29) is 5.82 Å². The summed E-state index contributed by atoms with van der Waals surface area (Å²) >= 11 is 0. The van der Waals surface area contributed by atoms with Crippen LogP contribution in [0.25, 0.3) is 0 Å². The van der Waals surface area contributed by atoms with Crippen LogP contribution in [-0.2, 0) is 14.3 Å². The second-order valence-corrected chi connectivity index (χ2v) is 5.71. The van der Waals surface area contributed by atoms with E-state index < -0.39 is 54.2 Å². The number of ether oxygens (including phenoxy) is 1.